The van der Waals surface area contributed by atoms with Gasteiger partial charge in [0.2, 0.25) is 5.91 Å². The molecule has 0 atom stereocenters. The van der Waals surface area contributed by atoms with Crippen LogP contribution in [0.5, 0.6) is 0 Å². The lowest BCUT2D eigenvalue weighted by Gasteiger charge is -2.09. The molecule has 0 aliphatic rings. The van der Waals surface area contributed by atoms with Gasteiger partial charge in [0.1, 0.15) is 0 Å². The highest BCUT2D eigenvalue weighted by Crippen LogP contribution is 2.15. The van der Waals surface area contributed by atoms with Gasteiger partial charge in [-0.3, -0.25) is 9.59 Å². The van der Waals surface area contributed by atoms with E-state index in [1.807, 2.05) is 6.92 Å². The van der Waals surface area contributed by atoms with Crippen LogP contribution in [0.3, 0.4) is 0 Å². The van der Waals surface area contributed by atoms with Crippen LogP contribution in [0.1, 0.15) is 28.7 Å². The number of hydrogen-bond donors (Lipinski definition) is 2. The zero-order valence-electron chi connectivity index (χ0n) is 13.4. The molecule has 2 rings (SSSR count). The summed E-state index contributed by atoms with van der Waals surface area (Å²) in [4.78, 5) is 22.8. The number of aryl methyl sites for hydroxylation is 3. The van der Waals surface area contributed by atoms with Gasteiger partial charge in [-0.15, -0.1) is 0 Å². The first kappa shape index (κ1) is 16.7. The first-order chi connectivity index (χ1) is 10.9. The third kappa shape index (κ3) is 5.25. The predicted octanol–water partition coefficient (Wildman–Crippen LogP) is 3.50. The maximum Gasteiger partial charge on any atom is 0.307 e. The summed E-state index contributed by atoms with van der Waals surface area (Å²) in [5.74, 6) is -0.958. The van der Waals surface area contributed by atoms with E-state index in [0.717, 1.165) is 0 Å². The molecule has 0 aromatic heterocycles. The standard InChI is InChI=1S/C19H21NO3/c1-13-6-7-16(14(2)10-13)8-9-18(21)20-17-5-3-4-15(11-17)12-19(22)23/h3-7,10-11H,8-9,12H2,1-2H3,(H,20,21)(H,22,23). The average Bonchev–Trinajstić information content (AvgIpc) is 2.46. The van der Waals surface area contributed by atoms with E-state index in [-0.39, 0.29) is 12.3 Å². The van der Waals surface area contributed by atoms with E-state index < -0.39 is 5.97 Å². The topological polar surface area (TPSA) is 66.4 Å². The maximum atomic E-state index is 12.1. The summed E-state index contributed by atoms with van der Waals surface area (Å²) in [5.41, 5.74) is 4.89. The van der Waals surface area contributed by atoms with Crippen LogP contribution in [0.25, 0.3) is 0 Å². The van der Waals surface area contributed by atoms with Gasteiger partial charge in [0.25, 0.3) is 0 Å². The van der Waals surface area contributed by atoms with Gasteiger partial charge < -0.3 is 10.4 Å². The van der Waals surface area contributed by atoms with Crippen molar-refractivity contribution in [3.05, 3.63) is 64.7 Å². The van der Waals surface area contributed by atoms with Crippen molar-refractivity contribution in [3.63, 3.8) is 0 Å². The van der Waals surface area contributed by atoms with Gasteiger partial charge in [0.15, 0.2) is 0 Å². The molecule has 0 saturated carbocycles. The Kier molecular flexibility index (Phi) is 5.52. The van der Waals surface area contributed by atoms with E-state index in [1.54, 1.807) is 24.3 Å². The zero-order chi connectivity index (χ0) is 16.8. The second-order valence-corrected chi connectivity index (χ2v) is 5.75. The van der Waals surface area contributed by atoms with E-state index in [1.165, 1.54) is 16.7 Å². The SMILES string of the molecule is Cc1ccc(CCC(=O)Nc2cccc(CC(=O)O)c2)c(C)c1. The van der Waals surface area contributed by atoms with Gasteiger partial charge in [-0.25, -0.2) is 0 Å². The highest BCUT2D eigenvalue weighted by molar-refractivity contribution is 5.91. The Balaban J connectivity index is 1.93. The number of anilines is 1. The Labute approximate surface area is 136 Å². The molecule has 0 aliphatic carbocycles. The number of carbonyl (C=O) groups is 2. The molecule has 1 amide bonds. The van der Waals surface area contributed by atoms with E-state index >= 15 is 0 Å². The molecule has 0 unspecified atom stereocenters. The molecule has 4 heteroatoms. The van der Waals surface area contributed by atoms with Gasteiger partial charge in [-0.1, -0.05) is 35.9 Å². The lowest BCUT2D eigenvalue weighted by molar-refractivity contribution is -0.136. The van der Waals surface area contributed by atoms with Crippen molar-refractivity contribution in [2.75, 3.05) is 5.32 Å². The van der Waals surface area contributed by atoms with Crippen LogP contribution in [-0.2, 0) is 22.4 Å². The third-order valence-electron chi connectivity index (χ3n) is 3.69. The summed E-state index contributed by atoms with van der Waals surface area (Å²) < 4.78 is 0. The minimum Gasteiger partial charge on any atom is -0.481 e. The molecule has 0 heterocycles. The molecule has 2 aromatic rings. The largest absolute Gasteiger partial charge is 0.481 e. The van der Waals surface area contributed by atoms with E-state index in [2.05, 4.69) is 30.4 Å². The third-order valence-corrected chi connectivity index (χ3v) is 3.69. The summed E-state index contributed by atoms with van der Waals surface area (Å²) in [6.45, 7) is 4.10. The van der Waals surface area contributed by atoms with Crippen LogP contribution < -0.4 is 5.32 Å². The van der Waals surface area contributed by atoms with E-state index in [0.29, 0.717) is 24.1 Å². The lowest BCUT2D eigenvalue weighted by atomic mass is 10.0. The zero-order valence-corrected chi connectivity index (χ0v) is 13.4. The monoisotopic (exact) mass is 311 g/mol. The number of aliphatic carboxylic acids is 1. The summed E-state index contributed by atoms with van der Waals surface area (Å²) in [6, 6.07) is 13.2. The van der Waals surface area contributed by atoms with Crippen LogP contribution in [0.15, 0.2) is 42.5 Å². The number of nitrogens with one attached hydrogen (secondary N) is 1. The van der Waals surface area contributed by atoms with Crippen molar-refractivity contribution >= 4 is 17.6 Å². The fourth-order valence-electron chi connectivity index (χ4n) is 2.53. The molecule has 2 N–H and O–H groups in total. The van der Waals surface area contributed by atoms with E-state index in [9.17, 15) is 9.59 Å². The summed E-state index contributed by atoms with van der Waals surface area (Å²) in [6.07, 6.45) is 1.03. The lowest BCUT2D eigenvalue weighted by Crippen LogP contribution is -2.13. The Hall–Kier alpha value is -2.62. The van der Waals surface area contributed by atoms with Crippen LogP contribution in [0, 0.1) is 13.8 Å². The molecule has 23 heavy (non-hydrogen) atoms. The quantitative estimate of drug-likeness (QED) is 0.858. The first-order valence-corrected chi connectivity index (χ1v) is 7.61. The number of carbonyl (C=O) groups excluding carboxylic acids is 1. The highest BCUT2D eigenvalue weighted by Gasteiger charge is 2.07. The maximum absolute atomic E-state index is 12.1. The van der Waals surface area contributed by atoms with Gasteiger partial charge in [-0.2, -0.15) is 0 Å². The van der Waals surface area contributed by atoms with Gasteiger partial charge >= 0.3 is 5.97 Å². The summed E-state index contributed by atoms with van der Waals surface area (Å²) >= 11 is 0. The van der Waals surface area contributed by atoms with Gasteiger partial charge in [0.05, 0.1) is 6.42 Å². The van der Waals surface area contributed by atoms with Gasteiger partial charge in [0, 0.05) is 12.1 Å². The number of benzene rings is 2. The minimum atomic E-state index is -0.886. The number of carboxylic acid groups (broad SMARTS) is 1. The molecular weight excluding hydrogens is 290 g/mol. The molecule has 0 aliphatic heterocycles. The Bertz CT molecular complexity index is 722. The average molecular weight is 311 g/mol. The minimum absolute atomic E-state index is 0.0493. The van der Waals surface area contributed by atoms with Crippen molar-refractivity contribution in [1.82, 2.24) is 0 Å². The number of rotatable bonds is 6. The number of hydrogen-bond acceptors (Lipinski definition) is 2. The highest BCUT2D eigenvalue weighted by atomic mass is 16.4. The first-order valence-electron chi connectivity index (χ1n) is 7.61. The van der Waals surface area contributed by atoms with Crippen molar-refractivity contribution in [1.29, 1.82) is 0 Å². The van der Waals surface area contributed by atoms with E-state index in [4.69, 9.17) is 5.11 Å². The molecule has 0 bridgehead atoms. The Morgan fingerprint density at radius 3 is 2.57 bits per heavy atom. The second kappa shape index (κ2) is 7.58. The van der Waals surface area contributed by atoms with Crippen LogP contribution in [0.4, 0.5) is 5.69 Å². The Morgan fingerprint density at radius 2 is 1.87 bits per heavy atom. The molecule has 0 spiro atoms. The fraction of sp³-hybridized carbons (Fsp3) is 0.263. The molecule has 0 saturated heterocycles. The van der Waals surface area contributed by atoms with Crippen LogP contribution >= 0.6 is 0 Å². The second-order valence-electron chi connectivity index (χ2n) is 5.75. The molecule has 4 nitrogen and oxygen atoms in total. The van der Waals surface area contributed by atoms with Crippen molar-refractivity contribution in [2.45, 2.75) is 33.1 Å². The smallest absolute Gasteiger partial charge is 0.307 e. The number of amides is 1. The fourth-order valence-corrected chi connectivity index (χ4v) is 2.53. The van der Waals surface area contributed by atoms with Crippen molar-refractivity contribution in [3.8, 4) is 0 Å². The van der Waals surface area contributed by atoms with Crippen LogP contribution in [-0.4, -0.2) is 17.0 Å². The Morgan fingerprint density at radius 1 is 1.09 bits per heavy atom. The summed E-state index contributed by atoms with van der Waals surface area (Å²) in [7, 11) is 0. The normalized spacial score (nSPS) is 10.3. The van der Waals surface area contributed by atoms with Gasteiger partial charge in [-0.05, 0) is 49.1 Å². The molecule has 0 radical (unpaired) electrons. The van der Waals surface area contributed by atoms with Crippen molar-refractivity contribution < 1.29 is 14.7 Å². The summed E-state index contributed by atoms with van der Waals surface area (Å²) in [5, 5.41) is 11.6. The molecule has 2 aromatic carbocycles. The molecule has 0 fully saturated rings. The number of carboxylic acids is 1. The molecular formula is C19H21NO3. The van der Waals surface area contributed by atoms with Crippen LogP contribution in [0.2, 0.25) is 0 Å². The predicted molar refractivity (Wildman–Crippen MR) is 90.6 cm³/mol. The molecule has 120 valence electrons. The van der Waals surface area contributed by atoms with Crippen molar-refractivity contribution in [2.24, 2.45) is 0 Å².